The maximum absolute atomic E-state index is 10.2. The second-order valence-electron chi connectivity index (χ2n) is 6.18. The molecule has 0 spiro atoms. The molecule has 0 aromatic heterocycles. The zero-order chi connectivity index (χ0) is 15.0. The Bertz CT molecular complexity index is 495. The maximum Gasteiger partial charge on any atom is 0.494 e. The number of carbonyl (C=O) groups excluding carboxylic acids is 1. The van der Waals surface area contributed by atoms with Crippen molar-refractivity contribution in [1.29, 1.82) is 0 Å². The summed E-state index contributed by atoms with van der Waals surface area (Å²) in [7, 11) is -0.361. The molecule has 0 atom stereocenters. The number of hydrogen-bond donors (Lipinski definition) is 0. The Balaban J connectivity index is 2.19. The first kappa shape index (κ1) is 15.1. The van der Waals surface area contributed by atoms with Crippen molar-refractivity contribution in [3.63, 3.8) is 0 Å². The maximum atomic E-state index is 10.2. The van der Waals surface area contributed by atoms with E-state index in [1.54, 1.807) is 0 Å². The van der Waals surface area contributed by atoms with Crippen LogP contribution < -0.4 is 5.46 Å². The minimum Gasteiger partial charge on any atom is -0.463 e. The van der Waals surface area contributed by atoms with Gasteiger partial charge in [0.15, 0.2) is 0 Å². The highest BCUT2D eigenvalue weighted by Crippen LogP contribution is 2.36. The number of benzene rings is 1. The van der Waals surface area contributed by atoms with Gasteiger partial charge < -0.3 is 14.0 Å². The largest absolute Gasteiger partial charge is 0.494 e. The van der Waals surface area contributed by atoms with Crippen LogP contribution in [0.3, 0.4) is 0 Å². The topological polar surface area (TPSA) is 44.8 Å². The van der Waals surface area contributed by atoms with E-state index in [4.69, 9.17) is 14.0 Å². The normalized spacial score (nSPS) is 19.9. The molecule has 0 bridgehead atoms. The van der Waals surface area contributed by atoms with E-state index < -0.39 is 0 Å². The van der Waals surface area contributed by atoms with Crippen molar-refractivity contribution in [3.8, 4) is 0 Å². The van der Waals surface area contributed by atoms with E-state index >= 15 is 0 Å². The van der Waals surface area contributed by atoms with Crippen LogP contribution >= 0.6 is 0 Å². The summed E-state index contributed by atoms with van der Waals surface area (Å²) < 4.78 is 16.8. The Morgan fingerprint density at radius 1 is 1.20 bits per heavy atom. The van der Waals surface area contributed by atoms with E-state index in [-0.39, 0.29) is 18.3 Å². The molecule has 0 saturated carbocycles. The van der Waals surface area contributed by atoms with Gasteiger partial charge in [0.25, 0.3) is 6.47 Å². The molecular formula is C15H21BO4. The predicted octanol–water partition coefficient (Wildman–Crippen LogP) is 1.97. The number of ether oxygens (including phenoxy) is 1. The van der Waals surface area contributed by atoms with Gasteiger partial charge in [0.1, 0.15) is 6.61 Å². The van der Waals surface area contributed by atoms with Crippen LogP contribution in [0.1, 0.15) is 38.8 Å². The molecule has 0 unspecified atom stereocenters. The highest BCUT2D eigenvalue weighted by molar-refractivity contribution is 6.62. The third-order valence-electron chi connectivity index (χ3n) is 4.20. The fraction of sp³-hybridized carbons (Fsp3) is 0.533. The summed E-state index contributed by atoms with van der Waals surface area (Å²) in [5, 5.41) is 0. The molecule has 1 fully saturated rings. The van der Waals surface area contributed by atoms with E-state index in [2.05, 4.69) is 0 Å². The van der Waals surface area contributed by atoms with E-state index in [1.807, 2.05) is 52.8 Å². The first-order valence-electron chi connectivity index (χ1n) is 6.77. The summed E-state index contributed by atoms with van der Waals surface area (Å²) in [5.74, 6) is 0. The van der Waals surface area contributed by atoms with Crippen LogP contribution in [-0.4, -0.2) is 24.8 Å². The Hall–Kier alpha value is -1.33. The van der Waals surface area contributed by atoms with E-state index in [0.717, 1.165) is 16.6 Å². The highest BCUT2D eigenvalue weighted by Gasteiger charge is 2.51. The third kappa shape index (κ3) is 2.74. The molecule has 1 saturated heterocycles. The van der Waals surface area contributed by atoms with Gasteiger partial charge in [-0.25, -0.2) is 0 Å². The summed E-state index contributed by atoms with van der Waals surface area (Å²) >= 11 is 0. The van der Waals surface area contributed by atoms with E-state index in [9.17, 15) is 4.79 Å². The standard InChI is InChI=1S/C15H21BO4/c1-11-8-13(7-6-12(11)9-18-10-17)16-19-14(2,3)15(4,5)20-16/h6-8,10H,9H2,1-5H3. The van der Waals surface area contributed by atoms with Crippen LogP contribution in [0, 0.1) is 6.92 Å². The molecule has 0 N–H and O–H groups in total. The Morgan fingerprint density at radius 3 is 2.30 bits per heavy atom. The molecule has 1 aliphatic rings. The lowest BCUT2D eigenvalue weighted by Crippen LogP contribution is -2.41. The fourth-order valence-electron chi connectivity index (χ4n) is 2.13. The number of carbonyl (C=O) groups is 1. The average molecular weight is 276 g/mol. The molecule has 1 heterocycles. The van der Waals surface area contributed by atoms with Crippen molar-refractivity contribution in [2.24, 2.45) is 0 Å². The lowest BCUT2D eigenvalue weighted by molar-refractivity contribution is -0.129. The van der Waals surface area contributed by atoms with Gasteiger partial charge in [-0.15, -0.1) is 0 Å². The SMILES string of the molecule is Cc1cc(B2OC(C)(C)C(C)(C)O2)ccc1COC=O. The van der Waals surface area contributed by atoms with Crippen LogP contribution in [0.15, 0.2) is 18.2 Å². The zero-order valence-corrected chi connectivity index (χ0v) is 12.7. The van der Waals surface area contributed by atoms with Crippen LogP contribution in [0.25, 0.3) is 0 Å². The van der Waals surface area contributed by atoms with Gasteiger partial charge in [0, 0.05) is 0 Å². The van der Waals surface area contributed by atoms with Crippen molar-refractivity contribution < 1.29 is 18.8 Å². The van der Waals surface area contributed by atoms with E-state index in [0.29, 0.717) is 13.1 Å². The number of hydrogen-bond acceptors (Lipinski definition) is 4. The summed E-state index contributed by atoms with van der Waals surface area (Å²) in [6.45, 7) is 10.9. The molecule has 0 aliphatic carbocycles. The number of aryl methyl sites for hydroxylation is 1. The highest BCUT2D eigenvalue weighted by atomic mass is 16.7. The molecule has 0 radical (unpaired) electrons. The molecule has 108 valence electrons. The Kier molecular flexibility index (Phi) is 3.94. The molecule has 20 heavy (non-hydrogen) atoms. The zero-order valence-electron chi connectivity index (χ0n) is 12.7. The van der Waals surface area contributed by atoms with E-state index in [1.165, 1.54) is 0 Å². The first-order chi connectivity index (χ1) is 9.27. The van der Waals surface area contributed by atoms with Gasteiger partial charge in [-0.1, -0.05) is 18.2 Å². The second-order valence-corrected chi connectivity index (χ2v) is 6.18. The van der Waals surface area contributed by atoms with Crippen LogP contribution in [-0.2, 0) is 25.4 Å². The van der Waals surface area contributed by atoms with Crippen LogP contribution in [0.2, 0.25) is 0 Å². The molecule has 1 aliphatic heterocycles. The molecule has 1 aromatic rings. The quantitative estimate of drug-likeness (QED) is 0.623. The lowest BCUT2D eigenvalue weighted by Gasteiger charge is -2.32. The summed E-state index contributed by atoms with van der Waals surface area (Å²) in [5.41, 5.74) is 2.34. The van der Waals surface area contributed by atoms with Gasteiger partial charge in [-0.3, -0.25) is 4.79 Å². The summed E-state index contributed by atoms with van der Waals surface area (Å²) in [6.07, 6.45) is 0. The minimum absolute atomic E-state index is 0.291. The predicted molar refractivity (Wildman–Crippen MR) is 77.7 cm³/mol. The smallest absolute Gasteiger partial charge is 0.463 e. The minimum atomic E-state index is -0.361. The molecule has 0 amide bonds. The Morgan fingerprint density at radius 2 is 1.80 bits per heavy atom. The summed E-state index contributed by atoms with van der Waals surface area (Å²) in [4.78, 5) is 10.2. The van der Waals surface area contributed by atoms with Crippen molar-refractivity contribution in [2.75, 3.05) is 0 Å². The molecule has 1 aromatic carbocycles. The molecule has 5 heteroatoms. The first-order valence-corrected chi connectivity index (χ1v) is 6.77. The van der Waals surface area contributed by atoms with Crippen LogP contribution in [0.4, 0.5) is 0 Å². The van der Waals surface area contributed by atoms with Crippen LogP contribution in [0.5, 0.6) is 0 Å². The van der Waals surface area contributed by atoms with Crippen molar-refractivity contribution in [3.05, 3.63) is 29.3 Å². The van der Waals surface area contributed by atoms with Gasteiger partial charge in [0.05, 0.1) is 11.2 Å². The third-order valence-corrected chi connectivity index (χ3v) is 4.20. The van der Waals surface area contributed by atoms with Gasteiger partial charge >= 0.3 is 7.12 Å². The van der Waals surface area contributed by atoms with Crippen molar-refractivity contribution in [2.45, 2.75) is 52.4 Å². The van der Waals surface area contributed by atoms with Crippen molar-refractivity contribution >= 4 is 19.1 Å². The molecule has 2 rings (SSSR count). The number of rotatable bonds is 4. The van der Waals surface area contributed by atoms with Gasteiger partial charge in [-0.2, -0.15) is 0 Å². The molecule has 4 nitrogen and oxygen atoms in total. The second kappa shape index (κ2) is 5.22. The lowest BCUT2D eigenvalue weighted by atomic mass is 9.78. The average Bonchev–Trinajstić information content (AvgIpc) is 2.57. The summed E-state index contributed by atoms with van der Waals surface area (Å²) in [6, 6.07) is 5.92. The van der Waals surface area contributed by atoms with Gasteiger partial charge in [-0.05, 0) is 51.2 Å². The van der Waals surface area contributed by atoms with Gasteiger partial charge in [0.2, 0.25) is 0 Å². The molecular weight excluding hydrogens is 255 g/mol. The fourth-order valence-corrected chi connectivity index (χ4v) is 2.13. The Labute approximate surface area is 120 Å². The monoisotopic (exact) mass is 276 g/mol. The van der Waals surface area contributed by atoms with Crippen molar-refractivity contribution in [1.82, 2.24) is 0 Å².